The molecule has 80 valence electrons. The summed E-state index contributed by atoms with van der Waals surface area (Å²) >= 11 is 0. The van der Waals surface area contributed by atoms with Crippen molar-refractivity contribution < 1.29 is 4.79 Å². The van der Waals surface area contributed by atoms with Crippen LogP contribution in [0, 0.1) is 5.92 Å². The molecule has 1 atom stereocenters. The normalized spacial score (nSPS) is 19.2. The van der Waals surface area contributed by atoms with Crippen molar-refractivity contribution in [3.05, 3.63) is 29.3 Å². The Bertz CT molecular complexity index is 396. The number of hydrogen-bond acceptors (Lipinski definition) is 1. The first-order chi connectivity index (χ1) is 7.13. The summed E-state index contributed by atoms with van der Waals surface area (Å²) < 4.78 is 0. The second-order valence-electron chi connectivity index (χ2n) is 4.49. The summed E-state index contributed by atoms with van der Waals surface area (Å²) in [6.07, 6.45) is 1.02. The number of benzene rings is 1. The number of rotatable bonds is 2. The van der Waals surface area contributed by atoms with Crippen LogP contribution in [0.2, 0.25) is 0 Å². The smallest absolute Gasteiger partial charge is 0.232 e. The van der Waals surface area contributed by atoms with Gasteiger partial charge in [-0.25, -0.2) is 0 Å². The summed E-state index contributed by atoms with van der Waals surface area (Å²) in [4.78, 5) is 11.8. The third-order valence-corrected chi connectivity index (χ3v) is 3.07. The summed E-state index contributed by atoms with van der Waals surface area (Å²) in [5, 5.41) is 2.94. The molecular weight excluding hydrogens is 186 g/mol. The second-order valence-corrected chi connectivity index (χ2v) is 4.49. The molecule has 1 aliphatic heterocycles. The first-order valence-corrected chi connectivity index (χ1v) is 5.57. The molecule has 15 heavy (non-hydrogen) atoms. The molecule has 1 N–H and O–H groups in total. The maximum absolute atomic E-state index is 11.8. The second kappa shape index (κ2) is 3.69. The zero-order valence-electron chi connectivity index (χ0n) is 9.50. The van der Waals surface area contributed by atoms with Crippen LogP contribution in [0.25, 0.3) is 0 Å². The van der Waals surface area contributed by atoms with Gasteiger partial charge in [0.25, 0.3) is 0 Å². The summed E-state index contributed by atoms with van der Waals surface area (Å²) in [6, 6.07) is 6.27. The minimum absolute atomic E-state index is 0.0338. The van der Waals surface area contributed by atoms with E-state index in [0.29, 0.717) is 5.92 Å². The van der Waals surface area contributed by atoms with Gasteiger partial charge in [-0.05, 0) is 29.5 Å². The fourth-order valence-corrected chi connectivity index (χ4v) is 2.22. The molecule has 1 unspecified atom stereocenters. The monoisotopic (exact) mass is 203 g/mol. The van der Waals surface area contributed by atoms with Crippen LogP contribution in [0.4, 0.5) is 5.69 Å². The number of anilines is 1. The average Bonchev–Trinajstić information content (AvgIpc) is 2.52. The van der Waals surface area contributed by atoms with E-state index in [1.54, 1.807) is 0 Å². The van der Waals surface area contributed by atoms with Gasteiger partial charge in [-0.2, -0.15) is 0 Å². The molecule has 0 bridgehead atoms. The Labute approximate surface area is 90.7 Å². The molecule has 2 rings (SSSR count). The minimum Gasteiger partial charge on any atom is -0.325 e. The average molecular weight is 203 g/mol. The van der Waals surface area contributed by atoms with E-state index in [2.05, 4.69) is 38.2 Å². The third kappa shape index (κ3) is 1.65. The summed E-state index contributed by atoms with van der Waals surface area (Å²) in [5.41, 5.74) is 3.47. The van der Waals surface area contributed by atoms with E-state index in [9.17, 15) is 4.79 Å². The Hall–Kier alpha value is -1.31. The van der Waals surface area contributed by atoms with Crippen molar-refractivity contribution in [2.45, 2.75) is 33.1 Å². The van der Waals surface area contributed by atoms with Crippen LogP contribution < -0.4 is 5.32 Å². The highest BCUT2D eigenvalue weighted by Crippen LogP contribution is 2.37. The maximum atomic E-state index is 11.8. The van der Waals surface area contributed by atoms with Crippen LogP contribution in [0.1, 0.15) is 37.8 Å². The number of aryl methyl sites for hydroxylation is 1. The molecule has 0 aliphatic carbocycles. The van der Waals surface area contributed by atoms with Crippen molar-refractivity contribution in [2.75, 3.05) is 5.32 Å². The predicted molar refractivity (Wildman–Crippen MR) is 62.0 cm³/mol. The Morgan fingerprint density at radius 3 is 2.73 bits per heavy atom. The minimum atomic E-state index is 0.0338. The molecule has 1 aromatic carbocycles. The molecule has 1 heterocycles. The van der Waals surface area contributed by atoms with Gasteiger partial charge in [0.05, 0.1) is 5.92 Å². The molecule has 2 nitrogen and oxygen atoms in total. The number of amides is 1. The van der Waals surface area contributed by atoms with E-state index in [4.69, 9.17) is 0 Å². The van der Waals surface area contributed by atoms with Gasteiger partial charge >= 0.3 is 0 Å². The molecule has 0 saturated carbocycles. The fraction of sp³-hybridized carbons (Fsp3) is 0.462. The lowest BCUT2D eigenvalue weighted by Crippen LogP contribution is -2.16. The van der Waals surface area contributed by atoms with Crippen LogP contribution in [-0.4, -0.2) is 5.91 Å². The molecule has 1 aliphatic rings. The van der Waals surface area contributed by atoms with E-state index in [-0.39, 0.29) is 11.8 Å². The summed E-state index contributed by atoms with van der Waals surface area (Å²) in [5.74, 6) is 0.540. The molecule has 0 spiro atoms. The fourth-order valence-electron chi connectivity index (χ4n) is 2.22. The standard InChI is InChI=1S/C13H17NO/c1-4-9-5-6-11-10(7-9)12(8(2)3)13(15)14-11/h5-8,12H,4H2,1-3H3,(H,14,15). The number of carbonyl (C=O) groups excluding carboxylic acids is 1. The molecule has 0 fully saturated rings. The molecule has 0 saturated heterocycles. The molecule has 2 heteroatoms. The number of nitrogens with one attached hydrogen (secondary N) is 1. The maximum Gasteiger partial charge on any atom is 0.232 e. The number of fused-ring (bicyclic) bond motifs is 1. The SMILES string of the molecule is CCc1ccc2c(c1)C(C(C)C)C(=O)N2. The van der Waals surface area contributed by atoms with Crippen molar-refractivity contribution in [3.63, 3.8) is 0 Å². The Morgan fingerprint density at radius 1 is 1.40 bits per heavy atom. The van der Waals surface area contributed by atoms with Gasteiger partial charge in [0, 0.05) is 5.69 Å². The molecule has 0 radical (unpaired) electrons. The van der Waals surface area contributed by atoms with Crippen molar-refractivity contribution in [1.82, 2.24) is 0 Å². The van der Waals surface area contributed by atoms with Crippen molar-refractivity contribution in [3.8, 4) is 0 Å². The van der Waals surface area contributed by atoms with Crippen LogP contribution >= 0.6 is 0 Å². The van der Waals surface area contributed by atoms with Crippen molar-refractivity contribution >= 4 is 11.6 Å². The van der Waals surface area contributed by atoms with Gasteiger partial charge in [0.1, 0.15) is 0 Å². The van der Waals surface area contributed by atoms with Gasteiger partial charge in [-0.1, -0.05) is 32.9 Å². The van der Waals surface area contributed by atoms with E-state index in [0.717, 1.165) is 12.1 Å². The van der Waals surface area contributed by atoms with Gasteiger partial charge < -0.3 is 5.32 Å². The van der Waals surface area contributed by atoms with E-state index in [1.807, 2.05) is 6.07 Å². The van der Waals surface area contributed by atoms with E-state index >= 15 is 0 Å². The van der Waals surface area contributed by atoms with Crippen molar-refractivity contribution in [1.29, 1.82) is 0 Å². The lowest BCUT2D eigenvalue weighted by atomic mass is 9.89. The van der Waals surface area contributed by atoms with Gasteiger partial charge in [0.2, 0.25) is 5.91 Å². The zero-order chi connectivity index (χ0) is 11.0. The largest absolute Gasteiger partial charge is 0.325 e. The number of hydrogen-bond donors (Lipinski definition) is 1. The molecule has 0 aromatic heterocycles. The van der Waals surface area contributed by atoms with Crippen LogP contribution in [0.3, 0.4) is 0 Å². The lowest BCUT2D eigenvalue weighted by Gasteiger charge is -2.13. The summed E-state index contributed by atoms with van der Waals surface area (Å²) in [6.45, 7) is 6.33. The first kappa shape index (κ1) is 10.2. The van der Waals surface area contributed by atoms with Gasteiger partial charge in [0.15, 0.2) is 0 Å². The van der Waals surface area contributed by atoms with Crippen molar-refractivity contribution in [2.24, 2.45) is 5.92 Å². The molecular formula is C13H17NO. The topological polar surface area (TPSA) is 29.1 Å². The van der Waals surface area contributed by atoms with Crippen LogP contribution in [-0.2, 0) is 11.2 Å². The number of carbonyl (C=O) groups is 1. The highest BCUT2D eigenvalue weighted by Gasteiger charge is 2.32. The highest BCUT2D eigenvalue weighted by molar-refractivity contribution is 6.03. The van der Waals surface area contributed by atoms with Gasteiger partial charge in [-0.15, -0.1) is 0 Å². The first-order valence-electron chi connectivity index (χ1n) is 5.57. The zero-order valence-corrected chi connectivity index (χ0v) is 9.50. The Morgan fingerprint density at radius 2 is 2.13 bits per heavy atom. The highest BCUT2D eigenvalue weighted by atomic mass is 16.2. The van der Waals surface area contributed by atoms with Crippen LogP contribution in [0.15, 0.2) is 18.2 Å². The van der Waals surface area contributed by atoms with E-state index < -0.39 is 0 Å². The third-order valence-electron chi connectivity index (χ3n) is 3.07. The predicted octanol–water partition coefficient (Wildman–Crippen LogP) is 2.94. The summed E-state index contributed by atoms with van der Waals surface area (Å²) in [7, 11) is 0. The molecule has 1 aromatic rings. The van der Waals surface area contributed by atoms with Crippen LogP contribution in [0.5, 0.6) is 0 Å². The Balaban J connectivity index is 2.46. The lowest BCUT2D eigenvalue weighted by molar-refractivity contribution is -0.117. The quantitative estimate of drug-likeness (QED) is 0.786. The van der Waals surface area contributed by atoms with E-state index in [1.165, 1.54) is 11.1 Å². The van der Waals surface area contributed by atoms with Gasteiger partial charge in [-0.3, -0.25) is 4.79 Å². The molecule has 1 amide bonds. The Kier molecular flexibility index (Phi) is 2.51.